The van der Waals surface area contributed by atoms with Gasteiger partial charge in [0, 0.05) is 0 Å². The molecule has 0 aliphatic carbocycles. The van der Waals surface area contributed by atoms with Crippen LogP contribution in [-0.2, 0) is 4.75 Å². The van der Waals surface area contributed by atoms with Crippen molar-refractivity contribution < 1.29 is 0 Å². The Morgan fingerprint density at radius 1 is 1.50 bits per heavy atom. The van der Waals surface area contributed by atoms with Crippen LogP contribution in [0, 0.1) is 6.92 Å². The van der Waals surface area contributed by atoms with E-state index >= 15 is 0 Å². The number of aromatic nitrogens is 2. The van der Waals surface area contributed by atoms with Gasteiger partial charge in [0.25, 0.3) is 0 Å². The molecule has 0 amide bonds. The maximum atomic E-state index is 5.47. The summed E-state index contributed by atoms with van der Waals surface area (Å²) in [5.41, 5.74) is 7.19. The van der Waals surface area contributed by atoms with Crippen LogP contribution in [0.4, 0.5) is 5.82 Å². The first-order chi connectivity index (χ1) is 5.41. The summed E-state index contributed by atoms with van der Waals surface area (Å²) in [7, 11) is 0. The molecule has 0 radical (unpaired) electrons. The molecule has 3 nitrogen and oxygen atoms in total. The van der Waals surface area contributed by atoms with Gasteiger partial charge in [0.2, 0.25) is 0 Å². The molecule has 0 saturated carbocycles. The predicted octanol–water partition coefficient (Wildman–Crippen LogP) is 1.53. The quantitative estimate of drug-likeness (QED) is 0.649. The Labute approximate surface area is 77.8 Å². The van der Waals surface area contributed by atoms with E-state index in [2.05, 4.69) is 22.6 Å². The van der Waals surface area contributed by atoms with E-state index in [1.165, 1.54) is 0 Å². The molecule has 1 aromatic rings. The Morgan fingerprint density at radius 2 is 2.08 bits per heavy atom. The Hall–Kier alpha value is -0.770. The van der Waals surface area contributed by atoms with E-state index in [0.29, 0.717) is 5.82 Å². The van der Waals surface area contributed by atoms with Crippen molar-refractivity contribution in [2.75, 3.05) is 5.73 Å². The summed E-state index contributed by atoms with van der Waals surface area (Å²) in [6.45, 7) is 5.84. The van der Waals surface area contributed by atoms with Gasteiger partial charge < -0.3 is 5.73 Å². The average molecular weight is 183 g/mol. The maximum Gasteiger partial charge on any atom is 0.142 e. The van der Waals surface area contributed by atoms with Crippen LogP contribution in [0.1, 0.15) is 25.2 Å². The summed E-state index contributed by atoms with van der Waals surface area (Å²) in [6, 6.07) is 0. The van der Waals surface area contributed by atoms with Crippen LogP contribution in [0.15, 0.2) is 6.20 Å². The second-order valence-corrected chi connectivity index (χ2v) is 4.41. The first kappa shape index (κ1) is 9.32. The van der Waals surface area contributed by atoms with E-state index in [0.717, 1.165) is 11.4 Å². The minimum Gasteiger partial charge on any atom is -0.382 e. The lowest BCUT2D eigenvalue weighted by Crippen LogP contribution is -2.14. The first-order valence-electron chi connectivity index (χ1n) is 3.73. The highest BCUT2D eigenvalue weighted by Gasteiger charge is 2.19. The van der Waals surface area contributed by atoms with Crippen LogP contribution in [0.5, 0.6) is 0 Å². The summed E-state index contributed by atoms with van der Waals surface area (Å²) in [4.78, 5) is 8.29. The third-order valence-corrected chi connectivity index (χ3v) is 1.76. The van der Waals surface area contributed by atoms with Crippen LogP contribution in [0.2, 0.25) is 0 Å². The lowest BCUT2D eigenvalue weighted by atomic mass is 10.1. The van der Waals surface area contributed by atoms with Crippen molar-refractivity contribution in [1.29, 1.82) is 0 Å². The largest absolute Gasteiger partial charge is 0.382 e. The van der Waals surface area contributed by atoms with Crippen molar-refractivity contribution in [2.24, 2.45) is 0 Å². The van der Waals surface area contributed by atoms with Gasteiger partial charge in [-0.1, -0.05) is 0 Å². The Balaban J connectivity index is 3.19. The smallest absolute Gasteiger partial charge is 0.142 e. The third kappa shape index (κ3) is 1.88. The molecule has 66 valence electrons. The molecule has 0 aromatic carbocycles. The number of hydrogen-bond donors (Lipinski definition) is 2. The normalized spacial score (nSPS) is 11.7. The minimum absolute atomic E-state index is 0.259. The Bertz CT molecular complexity index is 291. The summed E-state index contributed by atoms with van der Waals surface area (Å²) in [5.74, 6) is 0.453. The summed E-state index contributed by atoms with van der Waals surface area (Å²) >= 11 is 4.40. The van der Waals surface area contributed by atoms with Gasteiger partial charge in [-0.3, -0.25) is 4.98 Å². The molecule has 12 heavy (non-hydrogen) atoms. The molecule has 1 rings (SSSR count). The number of anilines is 1. The molecule has 2 N–H and O–H groups in total. The number of hydrogen-bond acceptors (Lipinski definition) is 4. The fraction of sp³-hybridized carbons (Fsp3) is 0.500. The fourth-order valence-electron chi connectivity index (χ4n) is 1.10. The Morgan fingerprint density at radius 3 is 2.50 bits per heavy atom. The number of nitrogens with zero attached hydrogens (tertiary/aromatic N) is 2. The van der Waals surface area contributed by atoms with Crippen LogP contribution in [-0.4, -0.2) is 9.97 Å². The fourth-order valence-corrected chi connectivity index (χ4v) is 1.32. The van der Waals surface area contributed by atoms with Gasteiger partial charge in [-0.25, -0.2) is 4.98 Å². The van der Waals surface area contributed by atoms with E-state index < -0.39 is 0 Å². The summed E-state index contributed by atoms with van der Waals surface area (Å²) in [5, 5.41) is 0. The Kier molecular flexibility index (Phi) is 2.28. The SMILES string of the molecule is Cc1nc(N)cnc1C(C)(C)S. The van der Waals surface area contributed by atoms with Crippen molar-refractivity contribution >= 4 is 18.4 Å². The molecule has 1 heterocycles. The molecule has 0 bridgehead atoms. The molecular weight excluding hydrogens is 170 g/mol. The summed E-state index contributed by atoms with van der Waals surface area (Å²) < 4.78 is -0.259. The van der Waals surface area contributed by atoms with Gasteiger partial charge in [0.05, 0.1) is 22.3 Å². The predicted molar refractivity (Wildman–Crippen MR) is 53.2 cm³/mol. The van der Waals surface area contributed by atoms with Gasteiger partial charge in [0.1, 0.15) is 5.82 Å². The molecule has 0 atom stereocenters. The first-order valence-corrected chi connectivity index (χ1v) is 4.18. The van der Waals surface area contributed by atoms with Gasteiger partial charge in [-0.15, -0.1) is 0 Å². The lowest BCUT2D eigenvalue weighted by molar-refractivity contribution is 0.735. The van der Waals surface area contributed by atoms with Crippen LogP contribution >= 0.6 is 12.6 Å². The van der Waals surface area contributed by atoms with E-state index in [1.807, 2.05) is 20.8 Å². The zero-order valence-electron chi connectivity index (χ0n) is 7.50. The van der Waals surface area contributed by atoms with Crippen molar-refractivity contribution in [1.82, 2.24) is 9.97 Å². The zero-order valence-corrected chi connectivity index (χ0v) is 8.39. The average Bonchev–Trinajstić information content (AvgIpc) is 1.83. The number of aryl methyl sites for hydroxylation is 1. The molecule has 0 saturated heterocycles. The zero-order chi connectivity index (χ0) is 9.35. The van der Waals surface area contributed by atoms with Crippen molar-refractivity contribution in [3.8, 4) is 0 Å². The van der Waals surface area contributed by atoms with Gasteiger partial charge in [-0.2, -0.15) is 12.6 Å². The molecule has 0 aliphatic heterocycles. The van der Waals surface area contributed by atoms with Crippen LogP contribution in [0.3, 0.4) is 0 Å². The van der Waals surface area contributed by atoms with E-state index in [9.17, 15) is 0 Å². The van der Waals surface area contributed by atoms with Gasteiger partial charge in [-0.05, 0) is 20.8 Å². The molecule has 0 unspecified atom stereocenters. The molecule has 0 fully saturated rings. The minimum atomic E-state index is -0.259. The maximum absolute atomic E-state index is 5.47. The summed E-state index contributed by atoms with van der Waals surface area (Å²) in [6.07, 6.45) is 1.56. The van der Waals surface area contributed by atoms with Crippen molar-refractivity contribution in [3.63, 3.8) is 0 Å². The molecule has 0 spiro atoms. The second-order valence-electron chi connectivity index (χ2n) is 3.29. The van der Waals surface area contributed by atoms with E-state index in [4.69, 9.17) is 5.73 Å². The molecular formula is C8H13N3S. The van der Waals surface area contributed by atoms with E-state index in [1.54, 1.807) is 6.20 Å². The highest BCUT2D eigenvalue weighted by molar-refractivity contribution is 7.81. The van der Waals surface area contributed by atoms with Crippen molar-refractivity contribution in [2.45, 2.75) is 25.5 Å². The monoisotopic (exact) mass is 183 g/mol. The number of rotatable bonds is 1. The standard InChI is InChI=1S/C8H13N3S/c1-5-7(8(2,3)12)10-4-6(9)11-5/h4,12H,1-3H3,(H2,9,11). The van der Waals surface area contributed by atoms with Crippen LogP contribution < -0.4 is 5.73 Å². The lowest BCUT2D eigenvalue weighted by Gasteiger charge is -2.18. The highest BCUT2D eigenvalue weighted by atomic mass is 32.1. The molecule has 1 aromatic heterocycles. The molecule has 4 heteroatoms. The van der Waals surface area contributed by atoms with Gasteiger partial charge in [0.15, 0.2) is 0 Å². The number of thiol groups is 1. The topological polar surface area (TPSA) is 51.8 Å². The number of nitrogen functional groups attached to an aromatic ring is 1. The van der Waals surface area contributed by atoms with Gasteiger partial charge >= 0.3 is 0 Å². The van der Waals surface area contributed by atoms with Crippen LogP contribution in [0.25, 0.3) is 0 Å². The third-order valence-electron chi connectivity index (χ3n) is 1.54. The number of nitrogens with two attached hydrogens (primary N) is 1. The second kappa shape index (κ2) is 2.94. The highest BCUT2D eigenvalue weighted by Crippen LogP contribution is 2.26. The van der Waals surface area contributed by atoms with E-state index in [-0.39, 0.29) is 4.75 Å². The van der Waals surface area contributed by atoms with Crippen molar-refractivity contribution in [3.05, 3.63) is 17.6 Å². The molecule has 0 aliphatic rings.